The van der Waals surface area contributed by atoms with Crippen LogP contribution in [-0.2, 0) is 0 Å². The number of hydrogen-bond acceptors (Lipinski definition) is 2. The fourth-order valence-corrected chi connectivity index (χ4v) is 0.778. The van der Waals surface area contributed by atoms with E-state index in [1.54, 1.807) is 12.1 Å². The van der Waals surface area contributed by atoms with Gasteiger partial charge in [-0.25, -0.2) is 0 Å². The minimum atomic E-state index is 0. The van der Waals surface area contributed by atoms with Gasteiger partial charge in [0.2, 0.25) is 0 Å². The van der Waals surface area contributed by atoms with Crippen molar-refractivity contribution in [1.29, 1.82) is 0 Å². The highest BCUT2D eigenvalue weighted by Gasteiger charge is 1.96. The maximum atomic E-state index is 8.90. The Kier molecular flexibility index (Phi) is 4.15. The maximum Gasteiger partial charge on any atom is 0.115 e. The van der Waals surface area contributed by atoms with E-state index < -0.39 is 0 Å². The first-order valence-corrected chi connectivity index (χ1v) is 3.24. The third-order valence-corrected chi connectivity index (χ3v) is 1.42. The summed E-state index contributed by atoms with van der Waals surface area (Å²) in [7, 11) is 0. The molecule has 0 aliphatic carbocycles. The number of halogens is 1. The molecular weight excluding hydrogens is 206 g/mol. The summed E-state index contributed by atoms with van der Waals surface area (Å²) in [6, 6.07) is 6.96. The monoisotopic (exact) mass is 217 g/mol. The van der Waals surface area contributed by atoms with E-state index in [4.69, 9.17) is 10.8 Å². The number of nitrogens with two attached hydrogens (primary N) is 1. The number of aromatic hydroxyl groups is 1. The lowest BCUT2D eigenvalue weighted by Crippen LogP contribution is -2.03. The van der Waals surface area contributed by atoms with E-state index in [0.717, 1.165) is 5.56 Å². The van der Waals surface area contributed by atoms with Crippen LogP contribution in [0.15, 0.2) is 24.3 Å². The van der Waals surface area contributed by atoms with Crippen LogP contribution in [-0.4, -0.2) is 5.11 Å². The molecule has 1 aromatic rings. The van der Waals surface area contributed by atoms with Gasteiger partial charge in [0, 0.05) is 6.04 Å². The molecule has 0 aliphatic heterocycles. The van der Waals surface area contributed by atoms with Crippen molar-refractivity contribution in [2.24, 2.45) is 5.73 Å². The van der Waals surface area contributed by atoms with Crippen LogP contribution in [0.5, 0.6) is 5.75 Å². The van der Waals surface area contributed by atoms with E-state index in [2.05, 4.69) is 0 Å². The first kappa shape index (κ1) is 10.5. The summed E-state index contributed by atoms with van der Waals surface area (Å²) in [4.78, 5) is 0. The highest BCUT2D eigenvalue weighted by atomic mass is 79.9. The second-order valence-electron chi connectivity index (χ2n) is 2.38. The Labute approximate surface area is 76.8 Å². The first-order valence-electron chi connectivity index (χ1n) is 3.24. The van der Waals surface area contributed by atoms with Crippen LogP contribution in [0.3, 0.4) is 0 Å². The molecule has 1 rings (SSSR count). The van der Waals surface area contributed by atoms with Gasteiger partial charge < -0.3 is 10.8 Å². The molecule has 3 N–H and O–H groups in total. The van der Waals surface area contributed by atoms with Gasteiger partial charge >= 0.3 is 0 Å². The van der Waals surface area contributed by atoms with Crippen molar-refractivity contribution in [1.82, 2.24) is 0 Å². The Bertz CT molecular complexity index is 208. The number of rotatable bonds is 1. The minimum absolute atomic E-state index is 0. The van der Waals surface area contributed by atoms with Crippen molar-refractivity contribution < 1.29 is 5.11 Å². The molecule has 0 aromatic heterocycles. The van der Waals surface area contributed by atoms with Gasteiger partial charge in [-0.05, 0) is 24.6 Å². The van der Waals surface area contributed by atoms with Gasteiger partial charge in [0.15, 0.2) is 0 Å². The molecule has 0 aliphatic rings. The fraction of sp³-hybridized carbons (Fsp3) is 0.250. The predicted molar refractivity (Wildman–Crippen MR) is 51.0 cm³/mol. The molecule has 3 heteroatoms. The highest BCUT2D eigenvalue weighted by molar-refractivity contribution is 8.93. The Hall–Kier alpha value is -0.540. The summed E-state index contributed by atoms with van der Waals surface area (Å²) in [6.45, 7) is 1.91. The van der Waals surface area contributed by atoms with Crippen molar-refractivity contribution >= 4 is 17.0 Å². The third kappa shape index (κ3) is 2.91. The SMILES string of the molecule is Br.C[C@H](N)c1ccc(O)cc1. The molecule has 62 valence electrons. The van der Waals surface area contributed by atoms with E-state index in [1.165, 1.54) is 0 Å². The third-order valence-electron chi connectivity index (χ3n) is 1.42. The molecule has 1 aromatic carbocycles. The van der Waals surface area contributed by atoms with Gasteiger partial charge in [0.05, 0.1) is 0 Å². The molecule has 0 radical (unpaired) electrons. The Morgan fingerprint density at radius 1 is 1.27 bits per heavy atom. The fourth-order valence-electron chi connectivity index (χ4n) is 0.778. The van der Waals surface area contributed by atoms with Crippen molar-refractivity contribution in [2.75, 3.05) is 0 Å². The lowest BCUT2D eigenvalue weighted by Gasteiger charge is -2.03. The van der Waals surface area contributed by atoms with Crippen LogP contribution >= 0.6 is 17.0 Å². The van der Waals surface area contributed by atoms with Crippen LogP contribution in [0.1, 0.15) is 18.5 Å². The van der Waals surface area contributed by atoms with Gasteiger partial charge in [0.1, 0.15) is 5.75 Å². The number of phenolic OH excluding ortho intramolecular Hbond substituents is 1. The summed E-state index contributed by atoms with van der Waals surface area (Å²) >= 11 is 0. The number of benzene rings is 1. The molecule has 0 bridgehead atoms. The van der Waals surface area contributed by atoms with E-state index in [0.29, 0.717) is 0 Å². The van der Waals surface area contributed by atoms with Gasteiger partial charge in [-0.3, -0.25) is 0 Å². The normalized spacial score (nSPS) is 11.8. The van der Waals surface area contributed by atoms with Crippen LogP contribution in [0.25, 0.3) is 0 Å². The summed E-state index contributed by atoms with van der Waals surface area (Å²) in [5.74, 6) is 0.282. The molecule has 0 saturated heterocycles. The quantitative estimate of drug-likeness (QED) is 0.757. The molecular formula is C8H12BrNO. The zero-order chi connectivity index (χ0) is 7.56. The average molecular weight is 218 g/mol. The lowest BCUT2D eigenvalue weighted by molar-refractivity contribution is 0.475. The molecule has 11 heavy (non-hydrogen) atoms. The van der Waals surface area contributed by atoms with Crippen molar-refractivity contribution in [2.45, 2.75) is 13.0 Å². The standard InChI is InChI=1S/C8H11NO.BrH/c1-6(9)7-2-4-8(10)5-3-7;/h2-6,10H,9H2,1H3;1H/t6-;/m0./s1. The molecule has 2 nitrogen and oxygen atoms in total. The maximum absolute atomic E-state index is 8.90. The number of phenols is 1. The first-order chi connectivity index (χ1) is 4.70. The largest absolute Gasteiger partial charge is 0.508 e. The summed E-state index contributed by atoms with van der Waals surface area (Å²) in [6.07, 6.45) is 0. The van der Waals surface area contributed by atoms with Crippen molar-refractivity contribution in [3.63, 3.8) is 0 Å². The smallest absolute Gasteiger partial charge is 0.115 e. The zero-order valence-corrected chi connectivity index (χ0v) is 8.03. The van der Waals surface area contributed by atoms with Crippen LogP contribution in [0.4, 0.5) is 0 Å². The lowest BCUT2D eigenvalue weighted by atomic mass is 10.1. The van der Waals surface area contributed by atoms with Gasteiger partial charge in [-0.2, -0.15) is 0 Å². The molecule has 0 unspecified atom stereocenters. The summed E-state index contributed by atoms with van der Waals surface area (Å²) < 4.78 is 0. The van der Waals surface area contributed by atoms with Crippen LogP contribution in [0.2, 0.25) is 0 Å². The van der Waals surface area contributed by atoms with Gasteiger partial charge in [-0.1, -0.05) is 12.1 Å². The van der Waals surface area contributed by atoms with Gasteiger partial charge in [-0.15, -0.1) is 17.0 Å². The molecule has 0 spiro atoms. The topological polar surface area (TPSA) is 46.2 Å². The Morgan fingerprint density at radius 3 is 2.09 bits per heavy atom. The number of hydrogen-bond donors (Lipinski definition) is 2. The summed E-state index contributed by atoms with van der Waals surface area (Å²) in [5.41, 5.74) is 6.62. The van der Waals surface area contributed by atoms with E-state index in [1.807, 2.05) is 19.1 Å². The second-order valence-corrected chi connectivity index (χ2v) is 2.38. The highest BCUT2D eigenvalue weighted by Crippen LogP contribution is 2.13. The Morgan fingerprint density at radius 2 is 1.73 bits per heavy atom. The second kappa shape index (κ2) is 4.36. The van der Waals surface area contributed by atoms with E-state index >= 15 is 0 Å². The predicted octanol–water partition coefficient (Wildman–Crippen LogP) is 1.99. The zero-order valence-electron chi connectivity index (χ0n) is 6.32. The summed E-state index contributed by atoms with van der Waals surface area (Å²) in [5, 5.41) is 8.90. The molecule has 1 atom stereocenters. The van der Waals surface area contributed by atoms with Crippen molar-refractivity contribution in [3.05, 3.63) is 29.8 Å². The van der Waals surface area contributed by atoms with Gasteiger partial charge in [0.25, 0.3) is 0 Å². The Balaban J connectivity index is 0.000001000. The minimum Gasteiger partial charge on any atom is -0.508 e. The van der Waals surface area contributed by atoms with Crippen molar-refractivity contribution in [3.8, 4) is 5.75 Å². The van der Waals surface area contributed by atoms with E-state index in [9.17, 15) is 0 Å². The van der Waals surface area contributed by atoms with Crippen LogP contribution < -0.4 is 5.73 Å². The molecule has 0 saturated carbocycles. The molecule has 0 heterocycles. The molecule has 0 fully saturated rings. The molecule has 0 amide bonds. The van der Waals surface area contributed by atoms with Crippen LogP contribution in [0, 0.1) is 0 Å². The average Bonchev–Trinajstić information content (AvgIpc) is 1.88. The van der Waals surface area contributed by atoms with E-state index in [-0.39, 0.29) is 28.8 Å².